The fourth-order valence-electron chi connectivity index (χ4n) is 0.414. The molecule has 0 spiro atoms. The normalized spacial score (nSPS) is 8.59. The summed E-state index contributed by atoms with van der Waals surface area (Å²) in [5.41, 5.74) is 4.75. The molecule has 0 aromatic heterocycles. The molecule has 0 heterocycles. The van der Waals surface area contributed by atoms with Crippen molar-refractivity contribution in [2.24, 2.45) is 5.73 Å². The van der Waals surface area contributed by atoms with Crippen LogP contribution in [0.25, 0.3) is 0 Å². The Balaban J connectivity index is 0. The van der Waals surface area contributed by atoms with Gasteiger partial charge in [-0.3, -0.25) is 4.55 Å². The van der Waals surface area contributed by atoms with Crippen molar-refractivity contribution in [1.82, 2.24) is 0 Å². The predicted octanol–water partition coefficient (Wildman–Crippen LogP) is 0.551. The predicted molar refractivity (Wildman–Crippen MR) is 63.1 cm³/mol. The number of hydrogen-bond donors (Lipinski definition) is 2. The molecule has 0 bridgehead atoms. The van der Waals surface area contributed by atoms with Crippen LogP contribution in [0.2, 0.25) is 0 Å². The van der Waals surface area contributed by atoms with E-state index >= 15 is 0 Å². The Morgan fingerprint density at radius 2 is 1.24 bits per heavy atom. The first kappa shape index (κ1) is 17.5. The third-order valence-corrected chi connectivity index (χ3v) is 0.945. The number of hydrogen-bond acceptors (Lipinski definition) is 5. The number of benzene rings is 1. The summed E-state index contributed by atoms with van der Waals surface area (Å²) in [5, 5.41) is 15.5. The van der Waals surface area contributed by atoms with Crippen LogP contribution < -0.4 is 5.73 Å². The summed E-state index contributed by atoms with van der Waals surface area (Å²) in [4.78, 5) is 0. The summed E-state index contributed by atoms with van der Waals surface area (Å²) < 4.78 is 25.9. The molecule has 1 rings (SSSR count). The van der Waals surface area contributed by atoms with Gasteiger partial charge < -0.3 is 5.73 Å². The topological polar surface area (TPSA) is 128 Å². The van der Waals surface area contributed by atoms with Crippen LogP contribution in [0.1, 0.15) is 0 Å². The standard InChI is InChI=1S/C6H6.C3H3N3.CH4O3S/c1-2-4-6-5-3-1;4-1-3(6)2-5;1-5(2,3)4/h1-6H;3H,6H2;1H3,(H,2,3,4). The van der Waals surface area contributed by atoms with Crippen molar-refractivity contribution in [3.05, 3.63) is 36.4 Å². The van der Waals surface area contributed by atoms with Crippen molar-refractivity contribution >= 4 is 10.1 Å². The molecule has 1 aromatic rings. The molecule has 1 aromatic carbocycles. The Morgan fingerprint density at radius 1 is 1.06 bits per heavy atom. The van der Waals surface area contributed by atoms with Crippen molar-refractivity contribution in [2.45, 2.75) is 6.04 Å². The first-order valence-electron chi connectivity index (χ1n) is 4.28. The van der Waals surface area contributed by atoms with E-state index in [4.69, 9.17) is 20.8 Å². The van der Waals surface area contributed by atoms with Gasteiger partial charge in [-0.1, -0.05) is 36.4 Å². The van der Waals surface area contributed by atoms with Crippen molar-refractivity contribution < 1.29 is 13.0 Å². The van der Waals surface area contributed by atoms with Crippen LogP contribution in [0.4, 0.5) is 0 Å². The molecule has 0 saturated heterocycles. The molecule has 17 heavy (non-hydrogen) atoms. The molecule has 0 aliphatic heterocycles. The monoisotopic (exact) mass is 255 g/mol. The SMILES string of the molecule is CS(=O)(=O)O.N#CC(N)C#N.c1ccccc1. The summed E-state index contributed by atoms with van der Waals surface area (Å²) in [7, 11) is -3.67. The molecule has 0 atom stereocenters. The highest BCUT2D eigenvalue weighted by molar-refractivity contribution is 7.85. The maximum Gasteiger partial charge on any atom is 0.261 e. The zero-order valence-electron chi connectivity index (χ0n) is 9.19. The van der Waals surface area contributed by atoms with Gasteiger partial charge in [0.15, 0.2) is 6.04 Å². The van der Waals surface area contributed by atoms with Gasteiger partial charge in [0.1, 0.15) is 0 Å². The van der Waals surface area contributed by atoms with Crippen molar-refractivity contribution in [2.75, 3.05) is 6.26 Å². The molecular weight excluding hydrogens is 242 g/mol. The first-order chi connectivity index (χ1) is 7.81. The van der Waals surface area contributed by atoms with E-state index in [1.807, 2.05) is 36.4 Å². The van der Waals surface area contributed by atoms with E-state index in [1.165, 1.54) is 12.1 Å². The number of nitrogens with zero attached hydrogens (tertiary/aromatic N) is 2. The average Bonchev–Trinajstić information content (AvgIpc) is 2.29. The summed E-state index contributed by atoms with van der Waals surface area (Å²) in [5.74, 6) is 0. The van der Waals surface area contributed by atoms with Crippen LogP contribution in [-0.4, -0.2) is 25.3 Å². The van der Waals surface area contributed by atoms with Crippen LogP contribution in [-0.2, 0) is 10.1 Å². The molecule has 0 saturated carbocycles. The number of rotatable bonds is 0. The van der Waals surface area contributed by atoms with Gasteiger partial charge in [-0.25, -0.2) is 0 Å². The van der Waals surface area contributed by atoms with E-state index in [9.17, 15) is 8.42 Å². The molecule has 0 aliphatic carbocycles. The van der Waals surface area contributed by atoms with E-state index in [2.05, 4.69) is 0 Å². The third-order valence-electron chi connectivity index (χ3n) is 0.945. The van der Waals surface area contributed by atoms with Crippen LogP contribution in [0.15, 0.2) is 36.4 Å². The van der Waals surface area contributed by atoms with Gasteiger partial charge in [0, 0.05) is 0 Å². The Kier molecular flexibility index (Phi) is 10.9. The van der Waals surface area contributed by atoms with E-state index in [0.717, 1.165) is 0 Å². The highest BCUT2D eigenvalue weighted by Crippen LogP contribution is 1.79. The van der Waals surface area contributed by atoms with Gasteiger partial charge >= 0.3 is 0 Å². The average molecular weight is 255 g/mol. The fraction of sp³-hybridized carbons (Fsp3) is 0.200. The first-order valence-corrected chi connectivity index (χ1v) is 6.13. The largest absolute Gasteiger partial charge is 0.304 e. The molecular formula is C10H13N3O3S. The summed E-state index contributed by atoms with van der Waals surface area (Å²) in [6.07, 6.45) is 0.715. The number of nitrogens with two attached hydrogens (primary N) is 1. The van der Waals surface area contributed by atoms with Gasteiger partial charge in [-0.15, -0.1) is 0 Å². The molecule has 0 aliphatic rings. The van der Waals surface area contributed by atoms with E-state index < -0.39 is 16.2 Å². The van der Waals surface area contributed by atoms with Crippen molar-refractivity contribution in [1.29, 1.82) is 10.5 Å². The highest BCUT2D eigenvalue weighted by Gasteiger charge is 1.88. The Bertz CT molecular complexity index is 411. The van der Waals surface area contributed by atoms with Crippen LogP contribution in [0.3, 0.4) is 0 Å². The quantitative estimate of drug-likeness (QED) is 0.651. The Hall–Kier alpha value is -1.93. The van der Waals surface area contributed by atoms with Crippen molar-refractivity contribution in [3.63, 3.8) is 0 Å². The lowest BCUT2D eigenvalue weighted by atomic mass is 10.4. The summed E-state index contributed by atoms with van der Waals surface area (Å²) in [6, 6.07) is 14.1. The fourth-order valence-corrected chi connectivity index (χ4v) is 0.414. The second kappa shape index (κ2) is 10.6. The Morgan fingerprint density at radius 3 is 1.29 bits per heavy atom. The molecule has 7 heteroatoms. The van der Waals surface area contributed by atoms with Gasteiger partial charge in [-0.2, -0.15) is 18.9 Å². The van der Waals surface area contributed by atoms with E-state index in [0.29, 0.717) is 6.26 Å². The third kappa shape index (κ3) is 31.5. The molecule has 0 radical (unpaired) electrons. The zero-order chi connectivity index (χ0) is 13.7. The molecule has 0 amide bonds. The van der Waals surface area contributed by atoms with Crippen LogP contribution in [0.5, 0.6) is 0 Å². The minimum Gasteiger partial charge on any atom is -0.304 e. The second-order valence-electron chi connectivity index (χ2n) is 2.62. The van der Waals surface area contributed by atoms with Gasteiger partial charge in [-0.05, 0) is 0 Å². The maximum absolute atomic E-state index is 9.19. The molecule has 0 unspecified atom stereocenters. The second-order valence-corrected chi connectivity index (χ2v) is 4.09. The van der Waals surface area contributed by atoms with Gasteiger partial charge in [0.25, 0.3) is 10.1 Å². The lowest BCUT2D eigenvalue weighted by Crippen LogP contribution is -2.12. The highest BCUT2D eigenvalue weighted by atomic mass is 32.2. The van der Waals surface area contributed by atoms with E-state index in [1.54, 1.807) is 0 Å². The van der Waals surface area contributed by atoms with Gasteiger partial charge in [0.2, 0.25) is 0 Å². The van der Waals surface area contributed by atoms with Crippen LogP contribution in [0, 0.1) is 22.7 Å². The van der Waals surface area contributed by atoms with Gasteiger partial charge in [0.05, 0.1) is 18.4 Å². The molecule has 6 nitrogen and oxygen atoms in total. The zero-order valence-corrected chi connectivity index (χ0v) is 10.0. The molecule has 92 valence electrons. The van der Waals surface area contributed by atoms with Crippen LogP contribution >= 0.6 is 0 Å². The molecule has 0 fully saturated rings. The minimum atomic E-state index is -3.67. The lowest BCUT2D eigenvalue weighted by Gasteiger charge is -1.74. The lowest BCUT2D eigenvalue weighted by molar-refractivity contribution is 0.490. The number of nitriles is 2. The smallest absolute Gasteiger partial charge is 0.261 e. The maximum atomic E-state index is 9.19. The molecule has 3 N–H and O–H groups in total. The summed E-state index contributed by atoms with van der Waals surface area (Å²) >= 11 is 0. The Labute approximate surface area is 101 Å². The van der Waals surface area contributed by atoms with Crippen molar-refractivity contribution in [3.8, 4) is 12.1 Å². The van der Waals surface area contributed by atoms with E-state index in [-0.39, 0.29) is 0 Å². The summed E-state index contributed by atoms with van der Waals surface area (Å²) in [6.45, 7) is 0. The minimum absolute atomic E-state index is 0.715.